The molecule has 0 radical (unpaired) electrons. The Bertz CT molecular complexity index is 818. The summed E-state index contributed by atoms with van der Waals surface area (Å²) in [6.45, 7) is 2.07. The lowest BCUT2D eigenvalue weighted by Gasteiger charge is -2.20. The highest BCUT2D eigenvalue weighted by atomic mass is 32.2. The molecule has 0 bridgehead atoms. The molecule has 0 aliphatic carbocycles. The number of ether oxygens (including phenoxy) is 1. The van der Waals surface area contributed by atoms with Gasteiger partial charge in [-0.25, -0.2) is 16.8 Å². The third-order valence-electron chi connectivity index (χ3n) is 3.91. The van der Waals surface area contributed by atoms with Gasteiger partial charge in [-0.1, -0.05) is 0 Å². The summed E-state index contributed by atoms with van der Waals surface area (Å²) in [6, 6.07) is 5.02. The van der Waals surface area contributed by atoms with Gasteiger partial charge in [-0.2, -0.15) is 0 Å². The minimum absolute atomic E-state index is 0.0299. The molecule has 10 heteroatoms. The van der Waals surface area contributed by atoms with Gasteiger partial charge in [0.15, 0.2) is 19.7 Å². The number of amides is 1. The second kappa shape index (κ2) is 7.81. The zero-order valence-electron chi connectivity index (χ0n) is 14.1. The zero-order valence-corrected chi connectivity index (χ0v) is 15.7. The molecule has 1 aromatic rings. The highest BCUT2D eigenvalue weighted by Gasteiger charge is 2.45. The second-order valence-electron chi connectivity index (χ2n) is 5.92. The SMILES string of the molecule is COCCN[C@@H]1CS(=O)(=O)C[C@H]1S(=O)(=O)c1ccc(NC(C)=O)cc1. The fourth-order valence-corrected chi connectivity index (χ4v) is 7.48. The van der Waals surface area contributed by atoms with Crippen molar-refractivity contribution in [2.24, 2.45) is 0 Å². The second-order valence-corrected chi connectivity index (χ2v) is 10.2. The topological polar surface area (TPSA) is 119 Å². The standard InChI is InChI=1S/C15H22N2O6S2/c1-11(18)17-12-3-5-13(6-4-12)25(21,22)15-10-24(19,20)9-14(15)16-7-8-23-2/h3-6,14-16H,7-10H2,1-2H3,(H,17,18)/t14-,15-/m1/s1. The van der Waals surface area contributed by atoms with Gasteiger partial charge in [0.05, 0.1) is 28.3 Å². The highest BCUT2D eigenvalue weighted by Crippen LogP contribution is 2.26. The van der Waals surface area contributed by atoms with Crippen molar-refractivity contribution in [1.82, 2.24) is 5.32 Å². The summed E-state index contributed by atoms with van der Waals surface area (Å²) in [6.07, 6.45) is 0. The zero-order chi connectivity index (χ0) is 18.7. The van der Waals surface area contributed by atoms with E-state index in [4.69, 9.17) is 4.74 Å². The smallest absolute Gasteiger partial charge is 0.221 e. The fourth-order valence-electron chi connectivity index (χ4n) is 2.76. The largest absolute Gasteiger partial charge is 0.383 e. The number of nitrogens with one attached hydrogen (secondary N) is 2. The van der Waals surface area contributed by atoms with Crippen LogP contribution in [-0.4, -0.2) is 65.8 Å². The normalized spacial score (nSPS) is 22.6. The van der Waals surface area contributed by atoms with Crippen LogP contribution in [0.1, 0.15) is 6.92 Å². The first kappa shape index (κ1) is 19.8. The van der Waals surface area contributed by atoms with E-state index in [0.29, 0.717) is 18.8 Å². The minimum Gasteiger partial charge on any atom is -0.383 e. The van der Waals surface area contributed by atoms with Crippen molar-refractivity contribution in [2.45, 2.75) is 23.1 Å². The van der Waals surface area contributed by atoms with Crippen LogP contribution in [0.25, 0.3) is 0 Å². The van der Waals surface area contributed by atoms with Crippen LogP contribution >= 0.6 is 0 Å². The number of carbonyl (C=O) groups is 1. The average molecular weight is 390 g/mol. The third-order valence-corrected chi connectivity index (χ3v) is 8.08. The van der Waals surface area contributed by atoms with Crippen molar-refractivity contribution in [3.8, 4) is 0 Å². The lowest BCUT2D eigenvalue weighted by atomic mass is 10.2. The maximum atomic E-state index is 12.9. The van der Waals surface area contributed by atoms with Gasteiger partial charge in [0.2, 0.25) is 5.91 Å². The Hall–Kier alpha value is -1.49. The molecule has 1 fully saturated rings. The summed E-state index contributed by atoms with van der Waals surface area (Å²) in [5.74, 6) is -0.891. The Morgan fingerprint density at radius 2 is 1.88 bits per heavy atom. The Morgan fingerprint density at radius 3 is 2.44 bits per heavy atom. The molecule has 0 spiro atoms. The van der Waals surface area contributed by atoms with E-state index >= 15 is 0 Å². The van der Waals surface area contributed by atoms with Crippen molar-refractivity contribution >= 4 is 31.3 Å². The molecular weight excluding hydrogens is 368 g/mol. The summed E-state index contributed by atoms with van der Waals surface area (Å²) >= 11 is 0. The van der Waals surface area contributed by atoms with E-state index in [1.807, 2.05) is 0 Å². The van der Waals surface area contributed by atoms with E-state index in [9.17, 15) is 21.6 Å². The van der Waals surface area contributed by atoms with Crippen molar-refractivity contribution < 1.29 is 26.4 Å². The Kier molecular flexibility index (Phi) is 6.20. The monoisotopic (exact) mass is 390 g/mol. The predicted octanol–water partition coefficient (Wildman–Crippen LogP) is -0.180. The number of methoxy groups -OCH3 is 1. The number of benzene rings is 1. The molecule has 2 atom stereocenters. The molecule has 0 saturated carbocycles. The molecule has 1 amide bonds. The molecule has 140 valence electrons. The molecule has 0 aromatic heterocycles. The first-order chi connectivity index (χ1) is 11.7. The quantitative estimate of drug-likeness (QED) is 0.620. The molecule has 1 saturated heterocycles. The summed E-state index contributed by atoms with van der Waals surface area (Å²) in [5.41, 5.74) is 0.472. The van der Waals surface area contributed by atoms with Crippen molar-refractivity contribution in [1.29, 1.82) is 0 Å². The van der Waals surface area contributed by atoms with Crippen LogP contribution in [0.15, 0.2) is 29.2 Å². The summed E-state index contributed by atoms with van der Waals surface area (Å²) in [4.78, 5) is 11.1. The molecule has 1 aliphatic rings. The van der Waals surface area contributed by atoms with E-state index in [0.717, 1.165) is 0 Å². The van der Waals surface area contributed by atoms with Crippen LogP contribution in [0.3, 0.4) is 0 Å². The molecule has 1 aliphatic heterocycles. The molecule has 1 heterocycles. The first-order valence-electron chi connectivity index (χ1n) is 7.70. The molecule has 2 N–H and O–H groups in total. The van der Waals surface area contributed by atoms with Gasteiger partial charge in [0, 0.05) is 32.3 Å². The van der Waals surface area contributed by atoms with Gasteiger partial charge in [-0.3, -0.25) is 4.79 Å². The van der Waals surface area contributed by atoms with Crippen molar-refractivity contribution in [3.05, 3.63) is 24.3 Å². The van der Waals surface area contributed by atoms with Crippen molar-refractivity contribution in [2.75, 3.05) is 37.1 Å². The van der Waals surface area contributed by atoms with Crippen LogP contribution in [-0.2, 0) is 29.2 Å². The molecule has 2 rings (SSSR count). The lowest BCUT2D eigenvalue weighted by Crippen LogP contribution is -2.44. The number of sulfone groups is 2. The van der Waals surface area contributed by atoms with Crippen LogP contribution in [0.4, 0.5) is 5.69 Å². The Labute approximate surface area is 147 Å². The molecule has 8 nitrogen and oxygen atoms in total. The third kappa shape index (κ3) is 5.00. The van der Waals surface area contributed by atoms with Crippen LogP contribution in [0.2, 0.25) is 0 Å². The van der Waals surface area contributed by atoms with Gasteiger partial charge in [-0.15, -0.1) is 0 Å². The highest BCUT2D eigenvalue weighted by molar-refractivity contribution is 7.96. The molecule has 25 heavy (non-hydrogen) atoms. The van der Waals surface area contributed by atoms with E-state index in [-0.39, 0.29) is 16.6 Å². The number of hydrogen-bond acceptors (Lipinski definition) is 7. The minimum atomic E-state index is -3.84. The molecular formula is C15H22N2O6S2. The van der Waals surface area contributed by atoms with E-state index < -0.39 is 36.7 Å². The number of carbonyl (C=O) groups excluding carboxylic acids is 1. The van der Waals surface area contributed by atoms with E-state index in [1.165, 1.54) is 38.3 Å². The van der Waals surface area contributed by atoms with Gasteiger partial charge in [-0.05, 0) is 24.3 Å². The fraction of sp³-hybridized carbons (Fsp3) is 0.533. The van der Waals surface area contributed by atoms with E-state index in [1.54, 1.807) is 0 Å². The lowest BCUT2D eigenvalue weighted by molar-refractivity contribution is -0.114. The maximum absolute atomic E-state index is 12.9. The Balaban J connectivity index is 2.24. The first-order valence-corrected chi connectivity index (χ1v) is 11.1. The predicted molar refractivity (Wildman–Crippen MR) is 94.0 cm³/mol. The van der Waals surface area contributed by atoms with Gasteiger partial charge in [0.25, 0.3) is 0 Å². The maximum Gasteiger partial charge on any atom is 0.221 e. The summed E-state index contributed by atoms with van der Waals surface area (Å²) < 4.78 is 54.6. The number of anilines is 1. The van der Waals surface area contributed by atoms with Gasteiger partial charge < -0.3 is 15.4 Å². The van der Waals surface area contributed by atoms with Crippen LogP contribution in [0.5, 0.6) is 0 Å². The van der Waals surface area contributed by atoms with Gasteiger partial charge in [0.1, 0.15) is 0 Å². The average Bonchev–Trinajstić information content (AvgIpc) is 2.83. The number of hydrogen-bond donors (Lipinski definition) is 2. The summed E-state index contributed by atoms with van der Waals surface area (Å²) in [5, 5.41) is 4.46. The molecule has 0 unspecified atom stereocenters. The van der Waals surface area contributed by atoms with Crippen LogP contribution in [0, 0.1) is 0 Å². The Morgan fingerprint density at radius 1 is 1.24 bits per heavy atom. The number of rotatable bonds is 7. The molecule has 1 aromatic carbocycles. The van der Waals surface area contributed by atoms with Crippen LogP contribution < -0.4 is 10.6 Å². The van der Waals surface area contributed by atoms with Gasteiger partial charge >= 0.3 is 0 Å². The van der Waals surface area contributed by atoms with Crippen molar-refractivity contribution in [3.63, 3.8) is 0 Å². The van der Waals surface area contributed by atoms with E-state index in [2.05, 4.69) is 10.6 Å². The summed E-state index contributed by atoms with van der Waals surface area (Å²) in [7, 11) is -5.76.